The molecule has 0 saturated carbocycles. The molecule has 0 saturated heterocycles. The Labute approximate surface area is 251 Å². The van der Waals surface area contributed by atoms with Crippen LogP contribution >= 0.6 is 0 Å². The van der Waals surface area contributed by atoms with Gasteiger partial charge >= 0.3 is 71.8 Å². The average molecular weight is 753 g/mol. The van der Waals surface area contributed by atoms with Crippen LogP contribution in [0.25, 0.3) is 22.3 Å². The number of rotatable bonds is 5. The third kappa shape index (κ3) is 11.3. The van der Waals surface area contributed by atoms with Gasteiger partial charge in [-0.2, -0.15) is 24.3 Å². The van der Waals surface area contributed by atoms with Gasteiger partial charge in [-0.15, -0.1) is 59.7 Å². The largest absolute Gasteiger partial charge is 1.00 e. The molecule has 4 heteroatoms. The fourth-order valence-corrected chi connectivity index (χ4v) is 8.33. The molecule has 0 heterocycles. The topological polar surface area (TPSA) is 0 Å². The van der Waals surface area contributed by atoms with Crippen molar-refractivity contribution in [2.75, 3.05) is 0 Å². The molecule has 37 heavy (non-hydrogen) atoms. The monoisotopic (exact) mass is 754 g/mol. The van der Waals surface area contributed by atoms with Gasteiger partial charge in [0.2, 0.25) is 0 Å². The summed E-state index contributed by atoms with van der Waals surface area (Å²) in [5.41, 5.74) is 8.08. The Morgan fingerprint density at radius 1 is 0.568 bits per heavy atom. The van der Waals surface area contributed by atoms with Crippen molar-refractivity contribution >= 4 is 14.5 Å². The molecule has 0 amide bonds. The number of hydrogen-bond acceptors (Lipinski definition) is 0. The van der Waals surface area contributed by atoms with Crippen LogP contribution in [0.2, 0.25) is 5.76 Å². The van der Waals surface area contributed by atoms with Crippen molar-refractivity contribution in [1.82, 2.24) is 0 Å². The Hall–Kier alpha value is -1.65. The van der Waals surface area contributed by atoms with Crippen LogP contribution < -0.4 is 29.2 Å². The van der Waals surface area contributed by atoms with Crippen molar-refractivity contribution in [2.45, 2.75) is 32.4 Å². The van der Waals surface area contributed by atoms with Gasteiger partial charge in [0.1, 0.15) is 0 Å². The summed E-state index contributed by atoms with van der Waals surface area (Å²) >= 11 is 1.42. The third-order valence-corrected chi connectivity index (χ3v) is 13.8. The number of halogens is 2. The molecule has 0 atom stereocenters. The molecule has 0 fully saturated rings. The van der Waals surface area contributed by atoms with E-state index < -0.39 is 10.1 Å². The first kappa shape index (κ1) is 33.4. The second kappa shape index (κ2) is 18.6. The molecular weight excluding hydrogens is 718 g/mol. The van der Waals surface area contributed by atoms with Crippen LogP contribution in [0.1, 0.15) is 25.0 Å². The van der Waals surface area contributed by atoms with E-state index in [4.69, 9.17) is 0 Å². The summed E-state index contributed by atoms with van der Waals surface area (Å²) in [5, 5.41) is 0. The minimum atomic E-state index is -0.627. The molecule has 0 aliphatic heterocycles. The van der Waals surface area contributed by atoms with Crippen LogP contribution in [-0.4, -0.2) is 10.1 Å². The van der Waals surface area contributed by atoms with Crippen LogP contribution in [-0.2, 0) is 34.1 Å². The van der Waals surface area contributed by atoms with Gasteiger partial charge in [-0.05, 0) is 12.8 Å². The van der Waals surface area contributed by atoms with E-state index in [1.807, 2.05) is 0 Å². The Balaban J connectivity index is 0.000000275. The summed E-state index contributed by atoms with van der Waals surface area (Å²) in [7, 11) is -0.627. The Kier molecular flexibility index (Phi) is 16.8. The van der Waals surface area contributed by atoms with E-state index in [0.717, 1.165) is 12.8 Å². The molecule has 190 valence electrons. The van der Waals surface area contributed by atoms with E-state index in [0.29, 0.717) is 0 Å². The number of hydrogen-bond donors (Lipinski definition) is 0. The van der Waals surface area contributed by atoms with E-state index >= 15 is 0 Å². The van der Waals surface area contributed by atoms with Gasteiger partial charge in [-0.1, -0.05) is 60.4 Å². The van der Waals surface area contributed by atoms with Gasteiger partial charge < -0.3 is 24.8 Å². The standard InChI is InChI=1S/2C13H13.C7H8Ge.2ClH.Hf/c2*1-2-11-6-5-9-13(10-11)12-7-3-4-8-12;1-8-7-5-3-2-4-6-7;;;/h2*3-10H,2H2,1H3;2-6H,1H3;2*1H;/q2*-1;;;;+2/p-2. The molecule has 0 aliphatic rings. The van der Waals surface area contributed by atoms with Crippen molar-refractivity contribution in [2.24, 2.45) is 0 Å². The zero-order valence-electron chi connectivity index (χ0n) is 21.8. The summed E-state index contributed by atoms with van der Waals surface area (Å²) in [4.78, 5) is 0. The number of benzene rings is 3. The minimum absolute atomic E-state index is 0. The van der Waals surface area contributed by atoms with Crippen LogP contribution in [0.4, 0.5) is 0 Å². The SMILES string of the molecule is CCc1cccc(-[c-]2cccc2)c1.CCc1cccc(-[c-]2cccc2)c1.[CH3][Ge](=[Hf+2])[c]1ccccc1.[Cl-].[Cl-]. The molecule has 0 nitrogen and oxygen atoms in total. The second-order valence-electron chi connectivity index (χ2n) is 8.45. The Morgan fingerprint density at radius 3 is 1.30 bits per heavy atom. The summed E-state index contributed by atoms with van der Waals surface area (Å²) in [6, 6.07) is 45.2. The Bertz CT molecular complexity index is 1200. The molecule has 5 rings (SSSR count). The molecule has 5 aromatic carbocycles. The van der Waals surface area contributed by atoms with Gasteiger partial charge in [0.25, 0.3) is 0 Å². The maximum absolute atomic E-state index is 2.43. The van der Waals surface area contributed by atoms with Crippen LogP contribution in [0.15, 0.2) is 127 Å². The van der Waals surface area contributed by atoms with Crippen molar-refractivity contribution < 1.29 is 46.1 Å². The second-order valence-corrected chi connectivity index (χ2v) is 26.3. The van der Waals surface area contributed by atoms with Crippen LogP contribution in [0.5, 0.6) is 0 Å². The van der Waals surface area contributed by atoms with Crippen LogP contribution in [0.3, 0.4) is 0 Å². The third-order valence-electron chi connectivity index (χ3n) is 5.87. The molecule has 0 N–H and O–H groups in total. The summed E-state index contributed by atoms with van der Waals surface area (Å²) in [5.74, 6) is 2.43. The van der Waals surface area contributed by atoms with E-state index in [1.165, 1.54) is 54.7 Å². The minimum Gasteiger partial charge on any atom is -1.00 e. The quantitative estimate of drug-likeness (QED) is 0.191. The molecule has 5 aromatic rings. The zero-order chi connectivity index (χ0) is 24.9. The van der Waals surface area contributed by atoms with Gasteiger partial charge in [-0.3, -0.25) is 0 Å². The first-order valence-corrected chi connectivity index (χ1v) is 25.9. The predicted octanol–water partition coefficient (Wildman–Crippen LogP) is 2.34. The molecule has 0 aliphatic carbocycles. The van der Waals surface area contributed by atoms with E-state index in [2.05, 4.69) is 147 Å². The summed E-state index contributed by atoms with van der Waals surface area (Å²) < 4.78 is 1.64. The van der Waals surface area contributed by atoms with E-state index in [-0.39, 0.29) is 24.8 Å². The van der Waals surface area contributed by atoms with Crippen molar-refractivity contribution in [3.05, 3.63) is 139 Å². The number of aryl methyl sites for hydroxylation is 2. The smallest absolute Gasteiger partial charge is 1.00 e. The molecule has 0 bridgehead atoms. The van der Waals surface area contributed by atoms with E-state index in [9.17, 15) is 0 Å². The molecule has 0 unspecified atom stereocenters. The molecule has 0 spiro atoms. The average Bonchev–Trinajstić information content (AvgIpc) is 3.65. The van der Waals surface area contributed by atoms with Gasteiger partial charge in [0, 0.05) is 0 Å². The fraction of sp³-hybridized carbons (Fsp3) is 0.152. The Morgan fingerprint density at radius 2 is 0.973 bits per heavy atom. The fourth-order valence-electron chi connectivity index (χ4n) is 3.76. The van der Waals surface area contributed by atoms with Crippen LogP contribution in [0, 0.1) is 0 Å². The molecule has 0 aromatic heterocycles. The van der Waals surface area contributed by atoms with Gasteiger partial charge in [0.05, 0.1) is 0 Å². The van der Waals surface area contributed by atoms with E-state index in [1.54, 1.807) is 4.40 Å². The van der Waals surface area contributed by atoms with Crippen molar-refractivity contribution in [1.29, 1.82) is 0 Å². The molecule has 0 radical (unpaired) electrons. The zero-order valence-corrected chi connectivity index (χ0v) is 29.0. The maximum atomic E-state index is 2.43. The predicted molar refractivity (Wildman–Crippen MR) is 151 cm³/mol. The first-order chi connectivity index (χ1) is 17.1. The molecular formula is C33H34Cl2GeHf-2. The van der Waals surface area contributed by atoms with Crippen molar-refractivity contribution in [3.8, 4) is 22.3 Å². The summed E-state index contributed by atoms with van der Waals surface area (Å²) in [6.45, 7) is 4.37. The first-order valence-electron chi connectivity index (χ1n) is 12.3. The van der Waals surface area contributed by atoms with Gasteiger partial charge in [-0.25, -0.2) is 0 Å². The normalized spacial score (nSPS) is 9.43. The van der Waals surface area contributed by atoms with Crippen molar-refractivity contribution in [3.63, 3.8) is 0 Å². The van der Waals surface area contributed by atoms with Gasteiger partial charge in [0.15, 0.2) is 0 Å². The summed E-state index contributed by atoms with van der Waals surface area (Å²) in [6.07, 6.45) is 2.21. The maximum Gasteiger partial charge on any atom is -1.00 e.